The van der Waals surface area contributed by atoms with Crippen molar-refractivity contribution in [3.8, 4) is 11.8 Å². The molecule has 1 saturated heterocycles. The summed E-state index contributed by atoms with van der Waals surface area (Å²) >= 11 is 0. The molecule has 6 nitrogen and oxygen atoms in total. The summed E-state index contributed by atoms with van der Waals surface area (Å²) < 4.78 is 6.20. The molecule has 2 fully saturated rings. The minimum Gasteiger partial charge on any atom is -0.486 e. The van der Waals surface area contributed by atoms with Gasteiger partial charge in [-0.05, 0) is 68.7 Å². The van der Waals surface area contributed by atoms with Crippen molar-refractivity contribution in [1.82, 2.24) is 9.97 Å². The van der Waals surface area contributed by atoms with Crippen LogP contribution in [0.25, 0.3) is 0 Å². The maximum Gasteiger partial charge on any atom is 0.146 e. The maximum atomic E-state index is 10.8. The van der Waals surface area contributed by atoms with E-state index >= 15 is 0 Å². The van der Waals surface area contributed by atoms with Gasteiger partial charge in [-0.25, -0.2) is 4.98 Å². The van der Waals surface area contributed by atoms with E-state index in [0.29, 0.717) is 29.7 Å². The minimum atomic E-state index is -0.503. The first-order chi connectivity index (χ1) is 14.4. The van der Waals surface area contributed by atoms with Crippen LogP contribution in [0.5, 0.6) is 5.75 Å². The summed E-state index contributed by atoms with van der Waals surface area (Å²) in [6.45, 7) is 9.79. The lowest BCUT2D eigenvalue weighted by molar-refractivity contribution is -0.0236. The molecule has 1 saturated carbocycles. The number of rotatable bonds is 4. The number of nitrogens with zero attached hydrogens (tertiary/aromatic N) is 4. The number of ether oxygens (including phenoxy) is 1. The van der Waals surface area contributed by atoms with Gasteiger partial charge in [0.1, 0.15) is 23.7 Å². The first-order valence-corrected chi connectivity index (χ1v) is 10.8. The average molecular weight is 407 g/mol. The molecule has 6 heteroatoms. The number of aliphatic hydroxyl groups excluding tert-OH is 1. The Hall–Kier alpha value is -2.65. The number of aliphatic hydroxyl groups is 1. The predicted octanol–water partition coefficient (Wildman–Crippen LogP) is 3.74. The largest absolute Gasteiger partial charge is 0.486 e. The second-order valence-electron chi connectivity index (χ2n) is 9.03. The number of nitriles is 1. The van der Waals surface area contributed by atoms with E-state index in [1.54, 1.807) is 0 Å². The maximum absolute atomic E-state index is 10.8. The van der Waals surface area contributed by atoms with Gasteiger partial charge >= 0.3 is 0 Å². The van der Waals surface area contributed by atoms with Gasteiger partial charge in [-0.15, -0.1) is 0 Å². The molecule has 2 aromatic rings. The molecule has 0 radical (unpaired) electrons. The molecular formula is C24H30N4O2. The molecule has 1 aliphatic carbocycles. The van der Waals surface area contributed by atoms with Gasteiger partial charge < -0.3 is 14.7 Å². The zero-order valence-electron chi connectivity index (χ0n) is 18.2. The van der Waals surface area contributed by atoms with Crippen LogP contribution in [0.1, 0.15) is 55.3 Å². The molecule has 0 spiro atoms. The highest BCUT2D eigenvalue weighted by atomic mass is 16.5. The summed E-state index contributed by atoms with van der Waals surface area (Å²) in [5.74, 6) is 2.63. The molecular weight excluding hydrogens is 376 g/mol. The van der Waals surface area contributed by atoms with Gasteiger partial charge in [0.15, 0.2) is 0 Å². The van der Waals surface area contributed by atoms with E-state index in [2.05, 4.69) is 29.8 Å². The van der Waals surface area contributed by atoms with E-state index in [0.717, 1.165) is 48.2 Å². The van der Waals surface area contributed by atoms with E-state index < -0.39 is 6.10 Å². The van der Waals surface area contributed by atoms with Crippen molar-refractivity contribution in [1.29, 1.82) is 5.26 Å². The number of aryl methyl sites for hydroxylation is 2. The van der Waals surface area contributed by atoms with Crippen LogP contribution in [0.3, 0.4) is 0 Å². The Morgan fingerprint density at radius 3 is 2.50 bits per heavy atom. The molecule has 4 atom stereocenters. The molecule has 1 N–H and O–H groups in total. The Balaban J connectivity index is 1.51. The zero-order chi connectivity index (χ0) is 21.4. The Kier molecular flexibility index (Phi) is 5.66. The summed E-state index contributed by atoms with van der Waals surface area (Å²) in [4.78, 5) is 11.5. The lowest BCUT2D eigenvalue weighted by Gasteiger charge is -2.35. The third kappa shape index (κ3) is 3.99. The zero-order valence-corrected chi connectivity index (χ0v) is 18.2. The molecule has 0 aromatic carbocycles. The molecule has 0 unspecified atom stereocenters. The Bertz CT molecular complexity index is 968. The topological polar surface area (TPSA) is 82.3 Å². The second-order valence-corrected chi connectivity index (χ2v) is 9.03. The van der Waals surface area contributed by atoms with E-state index in [1.165, 1.54) is 0 Å². The van der Waals surface area contributed by atoms with Crippen LogP contribution in [0.4, 0.5) is 5.82 Å². The number of anilines is 1. The van der Waals surface area contributed by atoms with Gasteiger partial charge in [0.25, 0.3) is 0 Å². The molecule has 2 aliphatic rings. The van der Waals surface area contributed by atoms with Gasteiger partial charge in [-0.2, -0.15) is 5.26 Å². The van der Waals surface area contributed by atoms with Crippen molar-refractivity contribution in [2.45, 2.75) is 58.7 Å². The lowest BCUT2D eigenvalue weighted by atomic mass is 9.78. The Labute approximate surface area is 178 Å². The van der Waals surface area contributed by atoms with Gasteiger partial charge in [0, 0.05) is 24.5 Å². The van der Waals surface area contributed by atoms with E-state index in [-0.39, 0.29) is 6.10 Å². The highest BCUT2D eigenvalue weighted by Gasteiger charge is 2.43. The summed E-state index contributed by atoms with van der Waals surface area (Å²) in [5, 5.41) is 20.3. The summed E-state index contributed by atoms with van der Waals surface area (Å²) in [6.07, 6.45) is 0.759. The van der Waals surface area contributed by atoms with Crippen LogP contribution in [-0.4, -0.2) is 40.4 Å². The van der Waals surface area contributed by atoms with E-state index in [9.17, 15) is 10.4 Å². The van der Waals surface area contributed by atoms with Crippen molar-refractivity contribution in [3.63, 3.8) is 0 Å². The molecule has 0 amide bonds. The molecule has 3 heterocycles. The Morgan fingerprint density at radius 2 is 1.83 bits per heavy atom. The number of aromatic nitrogens is 2. The first-order valence-electron chi connectivity index (χ1n) is 10.8. The highest BCUT2D eigenvalue weighted by Crippen LogP contribution is 2.40. The minimum absolute atomic E-state index is 0.236. The van der Waals surface area contributed by atoms with Gasteiger partial charge in [-0.1, -0.05) is 13.8 Å². The third-order valence-electron chi connectivity index (χ3n) is 6.45. The SMILES string of the molecule is Cc1ccc(O[C@@H]2C[C@@H]3CN(c4nc(C(C)C)ccc4C#N)C[C@@H]3C[C@H]2O)c(C)n1. The number of pyridine rings is 2. The lowest BCUT2D eigenvalue weighted by Crippen LogP contribution is -2.42. The van der Waals surface area contributed by atoms with Crippen LogP contribution in [-0.2, 0) is 0 Å². The first kappa shape index (κ1) is 20.6. The quantitative estimate of drug-likeness (QED) is 0.833. The summed E-state index contributed by atoms with van der Waals surface area (Å²) in [7, 11) is 0. The van der Waals surface area contributed by atoms with Gasteiger partial charge in [-0.3, -0.25) is 4.98 Å². The van der Waals surface area contributed by atoms with Crippen LogP contribution < -0.4 is 9.64 Å². The van der Waals surface area contributed by atoms with Crippen molar-refractivity contribution in [2.24, 2.45) is 11.8 Å². The fourth-order valence-corrected chi connectivity index (χ4v) is 4.76. The third-order valence-corrected chi connectivity index (χ3v) is 6.45. The summed E-state index contributed by atoms with van der Waals surface area (Å²) in [6, 6.07) is 10.0. The van der Waals surface area contributed by atoms with Crippen molar-refractivity contribution in [3.05, 3.63) is 46.9 Å². The van der Waals surface area contributed by atoms with Crippen LogP contribution in [0.2, 0.25) is 0 Å². The van der Waals surface area contributed by atoms with E-state index in [1.807, 2.05) is 38.1 Å². The molecule has 4 rings (SSSR count). The molecule has 1 aliphatic heterocycles. The van der Waals surface area contributed by atoms with Crippen molar-refractivity contribution < 1.29 is 9.84 Å². The fourth-order valence-electron chi connectivity index (χ4n) is 4.76. The standard InChI is InChI=1S/C24H30N4O2/c1-14(2)20-7-6-17(11-25)24(27-20)28-12-18-9-21(29)23(10-19(18)13-28)30-22-8-5-15(3)26-16(22)4/h5-8,14,18-19,21,23,29H,9-10,12-13H2,1-4H3/t18-,19+,21+,23+/m0/s1. The number of fused-ring (bicyclic) bond motifs is 1. The Morgan fingerprint density at radius 1 is 1.10 bits per heavy atom. The molecule has 2 aromatic heterocycles. The normalized spacial score (nSPS) is 25.8. The second kappa shape index (κ2) is 8.23. The van der Waals surface area contributed by atoms with Gasteiger partial charge in [0.05, 0.1) is 17.4 Å². The average Bonchev–Trinajstić information content (AvgIpc) is 3.12. The predicted molar refractivity (Wildman–Crippen MR) is 116 cm³/mol. The number of hydrogen-bond acceptors (Lipinski definition) is 6. The fraction of sp³-hybridized carbons (Fsp3) is 0.542. The number of hydrogen-bond donors (Lipinski definition) is 1. The molecule has 158 valence electrons. The molecule has 0 bridgehead atoms. The van der Waals surface area contributed by atoms with Crippen LogP contribution in [0, 0.1) is 37.0 Å². The van der Waals surface area contributed by atoms with Crippen molar-refractivity contribution >= 4 is 5.82 Å². The molecule has 30 heavy (non-hydrogen) atoms. The van der Waals surface area contributed by atoms with Gasteiger partial charge in [0.2, 0.25) is 0 Å². The van der Waals surface area contributed by atoms with Crippen LogP contribution >= 0.6 is 0 Å². The smallest absolute Gasteiger partial charge is 0.146 e. The van der Waals surface area contributed by atoms with E-state index in [4.69, 9.17) is 9.72 Å². The van der Waals surface area contributed by atoms with Crippen molar-refractivity contribution in [2.75, 3.05) is 18.0 Å². The monoisotopic (exact) mass is 406 g/mol. The summed E-state index contributed by atoms with van der Waals surface area (Å²) in [5.41, 5.74) is 3.43. The van der Waals surface area contributed by atoms with Crippen LogP contribution in [0.15, 0.2) is 24.3 Å². The highest BCUT2D eigenvalue weighted by molar-refractivity contribution is 5.55.